The highest BCUT2D eigenvalue weighted by atomic mass is 79.9. The van der Waals surface area contributed by atoms with Crippen molar-refractivity contribution >= 4 is 27.5 Å². The Bertz CT molecular complexity index is 532. The van der Waals surface area contributed by atoms with Crippen LogP contribution >= 0.6 is 15.9 Å². The summed E-state index contributed by atoms with van der Waals surface area (Å²) in [5.74, 6) is -0.276. The van der Waals surface area contributed by atoms with Gasteiger partial charge in [-0.15, -0.1) is 0 Å². The Morgan fingerprint density at radius 1 is 1.45 bits per heavy atom. The van der Waals surface area contributed by atoms with E-state index in [1.54, 1.807) is 6.07 Å². The number of anilines is 1. The molecule has 1 aliphatic heterocycles. The van der Waals surface area contributed by atoms with Crippen molar-refractivity contribution in [2.24, 2.45) is 5.73 Å². The first-order chi connectivity index (χ1) is 9.56. The van der Waals surface area contributed by atoms with Crippen molar-refractivity contribution in [3.63, 3.8) is 0 Å². The van der Waals surface area contributed by atoms with Crippen LogP contribution in [0.3, 0.4) is 0 Å². The van der Waals surface area contributed by atoms with E-state index in [1.807, 2.05) is 12.1 Å². The molecule has 1 aromatic rings. The Balaban J connectivity index is 1.91. The number of carbonyl (C=O) groups excluding carboxylic acids is 1. The average molecular weight is 337 g/mol. The molecule has 0 unspecified atom stereocenters. The van der Waals surface area contributed by atoms with Crippen molar-refractivity contribution in [2.75, 3.05) is 25.0 Å². The number of amides is 1. The minimum absolute atomic E-state index is 0.276. The van der Waals surface area contributed by atoms with Gasteiger partial charge in [0.2, 0.25) is 5.91 Å². The van der Waals surface area contributed by atoms with Gasteiger partial charge in [0.25, 0.3) is 0 Å². The van der Waals surface area contributed by atoms with Gasteiger partial charge in [-0.3, -0.25) is 9.69 Å². The van der Waals surface area contributed by atoms with Crippen LogP contribution in [0.1, 0.15) is 18.4 Å². The van der Waals surface area contributed by atoms with Crippen LogP contribution in [0.5, 0.6) is 0 Å². The lowest BCUT2D eigenvalue weighted by atomic mass is 10.0. The minimum Gasteiger partial charge on any atom is -0.382 e. The Hall–Kier alpha value is -1.58. The standard InChI is InChI=1S/C14H17BrN4O/c15-11-5-10(8-16)6-13(7-11)18-12-1-3-19(4-2-12)9-14(17)20/h5-7,12,18H,1-4,9H2,(H2,17,20). The van der Waals surface area contributed by atoms with E-state index in [1.165, 1.54) is 0 Å². The number of likely N-dealkylation sites (tertiary alicyclic amines) is 1. The van der Waals surface area contributed by atoms with Crippen LogP contribution in [0.2, 0.25) is 0 Å². The zero-order valence-electron chi connectivity index (χ0n) is 11.1. The topological polar surface area (TPSA) is 82.2 Å². The fourth-order valence-electron chi connectivity index (χ4n) is 2.43. The van der Waals surface area contributed by atoms with Crippen molar-refractivity contribution in [1.29, 1.82) is 5.26 Å². The Labute approximate surface area is 126 Å². The van der Waals surface area contributed by atoms with E-state index in [9.17, 15) is 4.79 Å². The van der Waals surface area contributed by atoms with Gasteiger partial charge < -0.3 is 11.1 Å². The first kappa shape index (κ1) is 14.8. The highest BCUT2D eigenvalue weighted by Gasteiger charge is 2.20. The van der Waals surface area contributed by atoms with Crippen molar-refractivity contribution in [2.45, 2.75) is 18.9 Å². The lowest BCUT2D eigenvalue weighted by Crippen LogP contribution is -2.42. The Morgan fingerprint density at radius 3 is 2.75 bits per heavy atom. The molecular formula is C14H17BrN4O. The van der Waals surface area contributed by atoms with Gasteiger partial charge in [0.15, 0.2) is 0 Å². The van der Waals surface area contributed by atoms with E-state index in [0.717, 1.165) is 36.1 Å². The molecule has 1 heterocycles. The van der Waals surface area contributed by atoms with E-state index < -0.39 is 0 Å². The minimum atomic E-state index is -0.276. The number of benzene rings is 1. The number of nitrogens with two attached hydrogens (primary N) is 1. The van der Waals surface area contributed by atoms with Crippen LogP contribution in [0.25, 0.3) is 0 Å². The molecule has 2 rings (SSSR count). The smallest absolute Gasteiger partial charge is 0.231 e. The fraction of sp³-hybridized carbons (Fsp3) is 0.429. The van der Waals surface area contributed by atoms with E-state index in [2.05, 4.69) is 32.2 Å². The molecule has 1 fully saturated rings. The van der Waals surface area contributed by atoms with E-state index in [4.69, 9.17) is 11.0 Å². The van der Waals surface area contributed by atoms with Gasteiger partial charge in [-0.05, 0) is 31.0 Å². The molecule has 0 aliphatic carbocycles. The molecule has 5 nitrogen and oxygen atoms in total. The molecule has 20 heavy (non-hydrogen) atoms. The number of nitrogens with one attached hydrogen (secondary N) is 1. The van der Waals surface area contributed by atoms with Crippen LogP contribution in [0, 0.1) is 11.3 Å². The SMILES string of the molecule is N#Cc1cc(Br)cc(NC2CCN(CC(N)=O)CC2)c1. The van der Waals surface area contributed by atoms with E-state index in [-0.39, 0.29) is 5.91 Å². The number of rotatable bonds is 4. The van der Waals surface area contributed by atoms with Crippen molar-refractivity contribution < 1.29 is 4.79 Å². The number of piperidine rings is 1. The summed E-state index contributed by atoms with van der Waals surface area (Å²) in [5.41, 5.74) is 6.78. The van der Waals surface area contributed by atoms with Gasteiger partial charge in [-0.2, -0.15) is 5.26 Å². The third-order valence-corrected chi connectivity index (χ3v) is 3.82. The fourth-order valence-corrected chi connectivity index (χ4v) is 2.92. The summed E-state index contributed by atoms with van der Waals surface area (Å²) in [5, 5.41) is 12.4. The third kappa shape index (κ3) is 4.22. The highest BCUT2D eigenvalue weighted by Crippen LogP contribution is 2.22. The maximum absolute atomic E-state index is 10.9. The van der Waals surface area contributed by atoms with Gasteiger partial charge in [0.1, 0.15) is 0 Å². The normalized spacial score (nSPS) is 16.6. The number of nitriles is 1. The lowest BCUT2D eigenvalue weighted by molar-refractivity contribution is -0.119. The van der Waals surface area contributed by atoms with Crippen molar-refractivity contribution in [3.8, 4) is 6.07 Å². The lowest BCUT2D eigenvalue weighted by Gasteiger charge is -2.32. The molecule has 6 heteroatoms. The van der Waals surface area contributed by atoms with E-state index in [0.29, 0.717) is 18.2 Å². The first-order valence-corrected chi connectivity index (χ1v) is 7.34. The molecule has 1 aliphatic rings. The molecule has 106 valence electrons. The summed E-state index contributed by atoms with van der Waals surface area (Å²) >= 11 is 3.40. The quantitative estimate of drug-likeness (QED) is 0.876. The predicted octanol–water partition coefficient (Wildman–Crippen LogP) is 1.68. The number of primary amides is 1. The number of hydrogen-bond donors (Lipinski definition) is 2. The molecule has 1 aromatic carbocycles. The molecule has 1 saturated heterocycles. The summed E-state index contributed by atoms with van der Waals surface area (Å²) < 4.78 is 0.894. The summed E-state index contributed by atoms with van der Waals surface area (Å²) in [7, 11) is 0. The zero-order chi connectivity index (χ0) is 14.5. The highest BCUT2D eigenvalue weighted by molar-refractivity contribution is 9.10. The van der Waals surface area contributed by atoms with Crippen LogP contribution in [-0.4, -0.2) is 36.5 Å². The van der Waals surface area contributed by atoms with Gasteiger partial charge in [0, 0.05) is 29.3 Å². The molecule has 0 radical (unpaired) electrons. The van der Waals surface area contributed by atoms with Crippen LogP contribution < -0.4 is 11.1 Å². The second-order valence-corrected chi connectivity index (χ2v) is 5.92. The molecule has 0 atom stereocenters. The second kappa shape index (κ2) is 6.73. The van der Waals surface area contributed by atoms with Crippen molar-refractivity contribution in [1.82, 2.24) is 4.90 Å². The van der Waals surface area contributed by atoms with Gasteiger partial charge in [0.05, 0.1) is 18.2 Å². The molecule has 0 spiro atoms. The largest absolute Gasteiger partial charge is 0.382 e. The maximum atomic E-state index is 10.9. The van der Waals surface area contributed by atoms with Crippen LogP contribution in [0.15, 0.2) is 22.7 Å². The molecule has 0 bridgehead atoms. The van der Waals surface area contributed by atoms with Gasteiger partial charge in [-0.25, -0.2) is 0 Å². The molecule has 0 saturated carbocycles. The summed E-state index contributed by atoms with van der Waals surface area (Å²) in [4.78, 5) is 12.9. The number of carbonyl (C=O) groups is 1. The first-order valence-electron chi connectivity index (χ1n) is 6.54. The zero-order valence-corrected chi connectivity index (χ0v) is 12.7. The summed E-state index contributed by atoms with van der Waals surface area (Å²) in [6.07, 6.45) is 1.92. The third-order valence-electron chi connectivity index (χ3n) is 3.36. The van der Waals surface area contributed by atoms with Gasteiger partial charge >= 0.3 is 0 Å². The average Bonchev–Trinajstić information content (AvgIpc) is 2.39. The molecule has 1 amide bonds. The second-order valence-electron chi connectivity index (χ2n) is 5.00. The Kier molecular flexibility index (Phi) is 4.99. The predicted molar refractivity (Wildman–Crippen MR) is 81.1 cm³/mol. The van der Waals surface area contributed by atoms with Crippen molar-refractivity contribution in [3.05, 3.63) is 28.2 Å². The number of hydrogen-bond acceptors (Lipinski definition) is 4. The summed E-state index contributed by atoms with van der Waals surface area (Å²) in [6, 6.07) is 8.11. The monoisotopic (exact) mass is 336 g/mol. The molecule has 3 N–H and O–H groups in total. The number of nitrogens with zero attached hydrogens (tertiary/aromatic N) is 2. The van der Waals surface area contributed by atoms with Gasteiger partial charge in [-0.1, -0.05) is 15.9 Å². The number of halogens is 1. The molecular weight excluding hydrogens is 320 g/mol. The van der Waals surface area contributed by atoms with Crippen LogP contribution in [-0.2, 0) is 4.79 Å². The summed E-state index contributed by atoms with van der Waals surface area (Å²) in [6.45, 7) is 2.06. The maximum Gasteiger partial charge on any atom is 0.231 e. The van der Waals surface area contributed by atoms with E-state index >= 15 is 0 Å². The Morgan fingerprint density at radius 2 is 2.15 bits per heavy atom. The van der Waals surface area contributed by atoms with Crippen LogP contribution in [0.4, 0.5) is 5.69 Å². The molecule has 0 aromatic heterocycles.